The Morgan fingerprint density at radius 1 is 0.971 bits per heavy atom. The van der Waals surface area contributed by atoms with Crippen LogP contribution in [0.3, 0.4) is 0 Å². The highest BCUT2D eigenvalue weighted by Gasteiger charge is 2.35. The molecule has 2 aliphatic carbocycles. The average molecular weight is 471 g/mol. The molecule has 4 rings (SSSR count). The van der Waals surface area contributed by atoms with Gasteiger partial charge in [-0.3, -0.25) is 14.4 Å². The Hall–Kier alpha value is -2.24. The van der Waals surface area contributed by atoms with Gasteiger partial charge >= 0.3 is 0 Å². The Balaban J connectivity index is 1.50. The summed E-state index contributed by atoms with van der Waals surface area (Å²) in [7, 11) is 0. The van der Waals surface area contributed by atoms with Gasteiger partial charge in [-0.05, 0) is 56.1 Å². The fourth-order valence-electron chi connectivity index (χ4n) is 5.85. The molecule has 1 aliphatic heterocycles. The Labute approximate surface area is 202 Å². The highest BCUT2D eigenvalue weighted by Crippen LogP contribution is 2.34. The summed E-state index contributed by atoms with van der Waals surface area (Å²) in [5.41, 5.74) is 0.500. The largest absolute Gasteiger partial charge is 0.342 e. The van der Waals surface area contributed by atoms with E-state index in [1.807, 2.05) is 18.7 Å². The predicted octanol–water partition coefficient (Wildman–Crippen LogP) is 5.24. The molecule has 3 fully saturated rings. The number of nitrogens with one attached hydrogen (secondary N) is 1. The van der Waals surface area contributed by atoms with E-state index in [-0.39, 0.29) is 40.9 Å². The SMILES string of the molecule is CC(C)C(=O)C(NC(=O)c1cccc(C2CCCN(C(=O)C3CCC3)C2)c1F)C1CCCCC1. The van der Waals surface area contributed by atoms with Crippen molar-refractivity contribution in [3.05, 3.63) is 35.1 Å². The molecule has 1 heterocycles. The maximum atomic E-state index is 15.7. The van der Waals surface area contributed by atoms with Crippen molar-refractivity contribution in [1.29, 1.82) is 0 Å². The number of ketones is 1. The van der Waals surface area contributed by atoms with Crippen LogP contribution in [0.4, 0.5) is 4.39 Å². The lowest BCUT2D eigenvalue weighted by Crippen LogP contribution is -2.48. The second kappa shape index (κ2) is 11.0. The van der Waals surface area contributed by atoms with Gasteiger partial charge in [-0.1, -0.05) is 51.7 Å². The van der Waals surface area contributed by atoms with E-state index < -0.39 is 17.8 Å². The molecule has 0 spiro atoms. The van der Waals surface area contributed by atoms with E-state index in [9.17, 15) is 14.4 Å². The van der Waals surface area contributed by atoms with E-state index in [1.54, 1.807) is 12.1 Å². The van der Waals surface area contributed by atoms with Gasteiger partial charge in [-0.2, -0.15) is 0 Å². The van der Waals surface area contributed by atoms with Gasteiger partial charge in [0.25, 0.3) is 5.91 Å². The summed E-state index contributed by atoms with van der Waals surface area (Å²) in [6, 6.07) is 4.40. The number of piperidine rings is 1. The smallest absolute Gasteiger partial charge is 0.254 e. The van der Waals surface area contributed by atoms with Gasteiger partial charge in [0.1, 0.15) is 5.82 Å². The highest BCUT2D eigenvalue weighted by molar-refractivity contribution is 5.98. The van der Waals surface area contributed by atoms with Crippen LogP contribution in [0.1, 0.15) is 99.9 Å². The average Bonchev–Trinajstić information content (AvgIpc) is 2.81. The molecule has 2 saturated carbocycles. The molecule has 34 heavy (non-hydrogen) atoms. The first-order chi connectivity index (χ1) is 16.4. The van der Waals surface area contributed by atoms with E-state index in [0.29, 0.717) is 12.1 Å². The number of amides is 2. The van der Waals surface area contributed by atoms with Crippen LogP contribution < -0.4 is 5.32 Å². The molecule has 1 saturated heterocycles. The lowest BCUT2D eigenvalue weighted by molar-refractivity contribution is -0.139. The Kier molecular flexibility index (Phi) is 8.05. The molecule has 2 amide bonds. The third kappa shape index (κ3) is 5.36. The van der Waals surface area contributed by atoms with Gasteiger partial charge < -0.3 is 10.2 Å². The van der Waals surface area contributed by atoms with Gasteiger partial charge in [-0.15, -0.1) is 0 Å². The van der Waals surface area contributed by atoms with Crippen molar-refractivity contribution in [2.75, 3.05) is 13.1 Å². The molecule has 0 aromatic heterocycles. The third-order valence-corrected chi connectivity index (χ3v) is 8.18. The summed E-state index contributed by atoms with van der Waals surface area (Å²) < 4.78 is 15.7. The minimum Gasteiger partial charge on any atom is -0.342 e. The second-order valence-corrected chi connectivity index (χ2v) is 10.9. The van der Waals surface area contributed by atoms with Crippen LogP contribution in [-0.4, -0.2) is 41.6 Å². The van der Waals surface area contributed by atoms with E-state index in [2.05, 4.69) is 5.32 Å². The zero-order valence-electron chi connectivity index (χ0n) is 20.7. The van der Waals surface area contributed by atoms with Gasteiger partial charge in [0, 0.05) is 30.8 Å². The van der Waals surface area contributed by atoms with Crippen LogP contribution in [0, 0.1) is 23.6 Å². The molecule has 2 atom stereocenters. The summed E-state index contributed by atoms with van der Waals surface area (Å²) >= 11 is 0. The Morgan fingerprint density at radius 3 is 2.35 bits per heavy atom. The quantitative estimate of drug-likeness (QED) is 0.593. The number of carbonyl (C=O) groups is 3. The Morgan fingerprint density at radius 2 is 1.71 bits per heavy atom. The fourth-order valence-corrected chi connectivity index (χ4v) is 5.85. The van der Waals surface area contributed by atoms with Gasteiger partial charge in [0.2, 0.25) is 5.91 Å². The number of hydrogen-bond donors (Lipinski definition) is 1. The van der Waals surface area contributed by atoms with Crippen LogP contribution >= 0.6 is 0 Å². The van der Waals surface area contributed by atoms with E-state index in [4.69, 9.17) is 0 Å². The molecule has 1 N–H and O–H groups in total. The zero-order chi connectivity index (χ0) is 24.2. The van der Waals surface area contributed by atoms with Crippen LogP contribution in [-0.2, 0) is 9.59 Å². The maximum Gasteiger partial charge on any atom is 0.254 e. The van der Waals surface area contributed by atoms with E-state index >= 15 is 4.39 Å². The third-order valence-electron chi connectivity index (χ3n) is 8.18. The molecular weight excluding hydrogens is 431 g/mol. The number of Topliss-reactive ketones (excluding diaryl/α,β-unsaturated/α-hetero) is 1. The molecule has 1 aromatic rings. The molecule has 0 bridgehead atoms. The van der Waals surface area contributed by atoms with Crippen LogP contribution in [0.2, 0.25) is 0 Å². The standard InChI is InChI=1S/C28H39FN2O3/c1-18(2)26(32)25(19-9-4-3-5-10-19)30-27(33)23-15-7-14-22(24(23)29)21-13-8-16-31(17-21)28(34)20-11-6-12-20/h7,14-15,18-21,25H,3-6,8-13,16-17H2,1-2H3,(H,30,33). The van der Waals surface area contributed by atoms with Crippen molar-refractivity contribution in [2.24, 2.45) is 17.8 Å². The summed E-state index contributed by atoms with van der Waals surface area (Å²) in [5, 5.41) is 2.92. The van der Waals surface area contributed by atoms with Crippen LogP contribution in [0.5, 0.6) is 0 Å². The minimum atomic E-state index is -0.568. The molecule has 0 radical (unpaired) electrons. The van der Waals surface area contributed by atoms with E-state index in [1.165, 1.54) is 6.07 Å². The molecule has 5 nitrogen and oxygen atoms in total. The lowest BCUT2D eigenvalue weighted by Gasteiger charge is -2.37. The van der Waals surface area contributed by atoms with Gasteiger partial charge in [0.15, 0.2) is 5.78 Å². The number of halogens is 1. The van der Waals surface area contributed by atoms with Gasteiger partial charge in [-0.25, -0.2) is 4.39 Å². The summed E-state index contributed by atoms with van der Waals surface area (Å²) in [5.74, 6) is -0.854. The normalized spacial score (nSPS) is 22.8. The predicted molar refractivity (Wildman–Crippen MR) is 130 cm³/mol. The first-order valence-corrected chi connectivity index (χ1v) is 13.3. The summed E-state index contributed by atoms with van der Waals surface area (Å²) in [4.78, 5) is 40.8. The lowest BCUT2D eigenvalue weighted by atomic mass is 9.80. The number of carbonyl (C=O) groups excluding carboxylic acids is 3. The Bertz CT molecular complexity index is 905. The number of rotatable bonds is 7. The molecular formula is C28H39FN2O3. The maximum absolute atomic E-state index is 15.7. The molecule has 1 aromatic carbocycles. The van der Waals surface area contributed by atoms with Crippen molar-refractivity contribution in [3.63, 3.8) is 0 Å². The molecule has 186 valence electrons. The number of nitrogens with zero attached hydrogens (tertiary/aromatic N) is 1. The summed E-state index contributed by atoms with van der Waals surface area (Å²) in [6.45, 7) is 4.94. The van der Waals surface area contributed by atoms with Crippen molar-refractivity contribution in [1.82, 2.24) is 10.2 Å². The number of likely N-dealkylation sites (tertiary alicyclic amines) is 1. The number of hydrogen-bond acceptors (Lipinski definition) is 3. The van der Waals surface area contributed by atoms with Crippen molar-refractivity contribution < 1.29 is 18.8 Å². The second-order valence-electron chi connectivity index (χ2n) is 10.9. The first-order valence-electron chi connectivity index (χ1n) is 13.3. The van der Waals surface area contributed by atoms with Crippen molar-refractivity contribution in [3.8, 4) is 0 Å². The van der Waals surface area contributed by atoms with Crippen molar-refractivity contribution in [2.45, 2.75) is 90.0 Å². The monoisotopic (exact) mass is 470 g/mol. The fraction of sp³-hybridized carbons (Fsp3) is 0.679. The summed E-state index contributed by atoms with van der Waals surface area (Å²) in [6.07, 6.45) is 9.78. The number of benzene rings is 1. The van der Waals surface area contributed by atoms with Crippen LogP contribution in [0.25, 0.3) is 0 Å². The molecule has 2 unspecified atom stereocenters. The van der Waals surface area contributed by atoms with Crippen molar-refractivity contribution >= 4 is 17.6 Å². The van der Waals surface area contributed by atoms with Crippen LogP contribution in [0.15, 0.2) is 18.2 Å². The molecule has 6 heteroatoms. The first kappa shape index (κ1) is 24.9. The minimum absolute atomic E-state index is 0.00249. The topological polar surface area (TPSA) is 66.5 Å². The van der Waals surface area contributed by atoms with Gasteiger partial charge in [0.05, 0.1) is 11.6 Å². The van der Waals surface area contributed by atoms with E-state index in [0.717, 1.165) is 70.8 Å². The zero-order valence-corrected chi connectivity index (χ0v) is 20.7. The highest BCUT2D eigenvalue weighted by atomic mass is 19.1. The molecule has 3 aliphatic rings.